The number of H-pyrrole nitrogens is 1. The number of hydrogen-bond donors (Lipinski definition) is 8. The summed E-state index contributed by atoms with van der Waals surface area (Å²) in [6, 6.07) is -0.460. The number of carbonyl (C=O) groups is 2. The van der Waals surface area contributed by atoms with E-state index in [1.165, 1.54) is 5.57 Å². The first-order valence-electron chi connectivity index (χ1n) is 15.0. The fourth-order valence-electron chi connectivity index (χ4n) is 6.95. The molecule has 0 saturated carbocycles. The monoisotopic (exact) mass is 634 g/mol. The third kappa shape index (κ3) is 6.06. The number of aliphatic carboxylic acids is 2. The molecule has 0 radical (unpaired) electrons. The topological polar surface area (TPSA) is 126 Å². The number of thiol groups is 2. The molecule has 10 heteroatoms. The highest BCUT2D eigenvalue weighted by atomic mass is 32.1. The summed E-state index contributed by atoms with van der Waals surface area (Å²) in [6.45, 7) is 12.4. The normalized spacial score (nSPS) is 28.5. The standard InChI is InChI=1S/C34H42N4O4S2/c1-15-21(7-9-31(39)40)27-14-28-22(8-10-32(41)42)16(2)24(36-28)12-29-34(20(6)44)18(4)26(38-29)13-30-33(19(5)43)17(3)25(37-30)11-23(15)35-27/h11-14,20,27,29-30,35-38,43-44H,7-10H2,1-6H3,(H,39,40)(H,41,42)/b23-11-,24-12-,26-13-,28-14-,33-19-/t20-,27+,29+,30-/m0/s1. The van der Waals surface area contributed by atoms with Gasteiger partial charge in [-0.3, -0.25) is 9.59 Å². The van der Waals surface area contributed by atoms with Crippen LogP contribution in [0.5, 0.6) is 0 Å². The summed E-state index contributed by atoms with van der Waals surface area (Å²) in [4.78, 5) is 27.8. The van der Waals surface area contributed by atoms with Crippen molar-refractivity contribution in [2.24, 2.45) is 0 Å². The van der Waals surface area contributed by atoms with Gasteiger partial charge in [-0.2, -0.15) is 12.6 Å². The lowest BCUT2D eigenvalue weighted by atomic mass is 9.97. The first kappa shape index (κ1) is 31.9. The molecule has 0 amide bonds. The molecule has 0 fully saturated rings. The molecule has 1 aromatic rings. The van der Waals surface area contributed by atoms with Crippen LogP contribution in [0.2, 0.25) is 0 Å². The van der Waals surface area contributed by atoms with Crippen LogP contribution in [-0.4, -0.2) is 50.5 Å². The van der Waals surface area contributed by atoms with E-state index < -0.39 is 11.9 Å². The van der Waals surface area contributed by atoms with Crippen molar-refractivity contribution in [3.63, 3.8) is 0 Å². The second-order valence-electron chi connectivity index (χ2n) is 12.1. The Labute approximate surface area is 269 Å². The average molecular weight is 635 g/mol. The Morgan fingerprint density at radius 2 is 1.48 bits per heavy atom. The molecule has 0 saturated heterocycles. The minimum absolute atomic E-state index is 0.00711. The van der Waals surface area contributed by atoms with Gasteiger partial charge in [0.05, 0.1) is 18.1 Å². The van der Waals surface area contributed by atoms with Crippen molar-refractivity contribution in [3.8, 4) is 0 Å². The van der Waals surface area contributed by atoms with E-state index in [9.17, 15) is 19.8 Å². The number of aromatic amines is 1. The fraction of sp³-hybridized carbons (Fsp3) is 0.412. The van der Waals surface area contributed by atoms with Crippen LogP contribution in [0.25, 0.3) is 12.2 Å². The Morgan fingerprint density at radius 3 is 2.11 bits per heavy atom. The molecule has 4 aliphatic heterocycles. The second-order valence-corrected chi connectivity index (χ2v) is 13.6. The second kappa shape index (κ2) is 12.5. The minimum atomic E-state index is -0.851. The van der Waals surface area contributed by atoms with Crippen LogP contribution in [0, 0.1) is 6.92 Å². The lowest BCUT2D eigenvalue weighted by molar-refractivity contribution is -0.138. The van der Waals surface area contributed by atoms with Gasteiger partial charge in [0.1, 0.15) is 0 Å². The smallest absolute Gasteiger partial charge is 0.303 e. The summed E-state index contributed by atoms with van der Waals surface area (Å²) in [7, 11) is 0. The van der Waals surface area contributed by atoms with E-state index in [-0.39, 0.29) is 36.2 Å². The van der Waals surface area contributed by atoms with Gasteiger partial charge in [0, 0.05) is 45.9 Å². The molecule has 5 heterocycles. The molecule has 234 valence electrons. The molecule has 44 heavy (non-hydrogen) atoms. The van der Waals surface area contributed by atoms with E-state index in [4.69, 9.17) is 25.3 Å². The minimum Gasteiger partial charge on any atom is -0.481 e. The molecule has 0 unspecified atom stereocenters. The first-order chi connectivity index (χ1) is 20.8. The van der Waals surface area contributed by atoms with Gasteiger partial charge in [0.15, 0.2) is 0 Å². The van der Waals surface area contributed by atoms with Gasteiger partial charge >= 0.3 is 11.9 Å². The lowest BCUT2D eigenvalue weighted by Crippen LogP contribution is -2.30. The van der Waals surface area contributed by atoms with Crippen LogP contribution in [0.1, 0.15) is 65.0 Å². The number of carboxylic acid groups (broad SMARTS) is 2. The zero-order valence-corrected chi connectivity index (χ0v) is 27.8. The molecule has 4 aliphatic rings. The van der Waals surface area contributed by atoms with Crippen LogP contribution in [0.4, 0.5) is 0 Å². The number of fused-ring (bicyclic) bond motifs is 8. The molecule has 0 spiro atoms. The van der Waals surface area contributed by atoms with E-state index in [0.29, 0.717) is 12.8 Å². The highest BCUT2D eigenvalue weighted by molar-refractivity contribution is 7.84. The van der Waals surface area contributed by atoms with Crippen molar-refractivity contribution in [1.29, 1.82) is 0 Å². The number of allylic oxidation sites excluding steroid dienone is 4. The van der Waals surface area contributed by atoms with Gasteiger partial charge in [-0.25, -0.2) is 0 Å². The predicted molar refractivity (Wildman–Crippen MR) is 182 cm³/mol. The highest BCUT2D eigenvalue weighted by Crippen LogP contribution is 2.36. The summed E-state index contributed by atoms with van der Waals surface area (Å²) in [6.07, 6.45) is 9.40. The summed E-state index contributed by atoms with van der Waals surface area (Å²) in [5.74, 6) is -1.70. The molecular formula is C34H42N4O4S2. The molecule has 6 N–H and O–H groups in total. The van der Waals surface area contributed by atoms with E-state index in [1.54, 1.807) is 0 Å². The molecule has 1 aromatic heterocycles. The number of carboxylic acids is 2. The van der Waals surface area contributed by atoms with Crippen molar-refractivity contribution in [3.05, 3.63) is 89.4 Å². The van der Waals surface area contributed by atoms with Gasteiger partial charge in [-0.15, -0.1) is 12.6 Å². The third-order valence-corrected chi connectivity index (χ3v) is 9.78. The van der Waals surface area contributed by atoms with Gasteiger partial charge in [-0.1, -0.05) is 0 Å². The average Bonchev–Trinajstić information content (AvgIpc) is 3.59. The Bertz CT molecular complexity index is 1750. The van der Waals surface area contributed by atoms with E-state index >= 15 is 0 Å². The maximum Gasteiger partial charge on any atom is 0.303 e. The molecule has 5 rings (SSSR count). The highest BCUT2D eigenvalue weighted by Gasteiger charge is 2.33. The van der Waals surface area contributed by atoms with Crippen LogP contribution in [0.3, 0.4) is 0 Å². The summed E-state index contributed by atoms with van der Waals surface area (Å²) in [5, 5.41) is 31.9. The van der Waals surface area contributed by atoms with E-state index in [2.05, 4.69) is 66.0 Å². The summed E-state index contributed by atoms with van der Waals surface area (Å²) in [5.41, 5.74) is 11.5. The summed E-state index contributed by atoms with van der Waals surface area (Å²) < 4.78 is 0. The number of aromatic nitrogens is 1. The largest absolute Gasteiger partial charge is 0.481 e. The number of hydrogen-bond acceptors (Lipinski definition) is 7. The molecule has 0 aliphatic carbocycles. The Hall–Kier alpha value is -3.50. The molecule has 4 atom stereocenters. The van der Waals surface area contributed by atoms with E-state index in [1.807, 2.05) is 20.8 Å². The molecular weight excluding hydrogens is 593 g/mol. The van der Waals surface area contributed by atoms with Crippen molar-refractivity contribution in [2.75, 3.05) is 0 Å². The maximum absolute atomic E-state index is 11.6. The van der Waals surface area contributed by atoms with Gasteiger partial charge in [-0.05, 0) is 128 Å². The van der Waals surface area contributed by atoms with Crippen molar-refractivity contribution in [1.82, 2.24) is 20.9 Å². The van der Waals surface area contributed by atoms with Crippen molar-refractivity contribution in [2.45, 2.75) is 90.6 Å². The van der Waals surface area contributed by atoms with Crippen LogP contribution in [-0.2, 0) is 16.0 Å². The number of rotatable bonds is 7. The van der Waals surface area contributed by atoms with Crippen molar-refractivity contribution < 1.29 is 19.8 Å². The number of nitrogens with one attached hydrogen (secondary N) is 4. The SMILES string of the molecule is CC1=C(CCC(=O)O)[C@H]2/C=c3\[nH]/c(c(C)c3CCC(=O)O)=C\[C@H]3N/C(=C\[C@@H]4NC(=C(C)C/4=C(\C)S)/C=C/1N2)C(C)=C3[C@H](C)S. The van der Waals surface area contributed by atoms with Gasteiger partial charge in [0.25, 0.3) is 0 Å². The zero-order chi connectivity index (χ0) is 32.0. The molecule has 0 aromatic carbocycles. The quantitative estimate of drug-likeness (QED) is 0.214. The van der Waals surface area contributed by atoms with Crippen LogP contribution < -0.4 is 26.6 Å². The Balaban J connectivity index is 1.79. The summed E-state index contributed by atoms with van der Waals surface area (Å²) >= 11 is 9.64. The van der Waals surface area contributed by atoms with Crippen LogP contribution in [0.15, 0.2) is 67.6 Å². The molecule has 8 nitrogen and oxygen atoms in total. The Kier molecular flexibility index (Phi) is 9.05. The first-order valence-corrected chi connectivity index (χ1v) is 16.0. The third-order valence-electron chi connectivity index (χ3n) is 9.26. The fourth-order valence-corrected chi connectivity index (χ4v) is 7.61. The van der Waals surface area contributed by atoms with E-state index in [0.717, 1.165) is 71.7 Å². The van der Waals surface area contributed by atoms with Crippen LogP contribution >= 0.6 is 25.3 Å². The molecule has 8 bridgehead atoms. The zero-order valence-electron chi connectivity index (χ0n) is 26.1. The Morgan fingerprint density at radius 1 is 0.841 bits per heavy atom. The predicted octanol–water partition coefficient (Wildman–Crippen LogP) is 3.89. The lowest BCUT2D eigenvalue weighted by Gasteiger charge is -2.16. The van der Waals surface area contributed by atoms with Gasteiger partial charge in [0.2, 0.25) is 0 Å². The maximum atomic E-state index is 11.6. The van der Waals surface area contributed by atoms with Crippen molar-refractivity contribution >= 4 is 49.3 Å². The van der Waals surface area contributed by atoms with Gasteiger partial charge < -0.3 is 31.1 Å².